The fourth-order valence-corrected chi connectivity index (χ4v) is 1.73. The molecule has 5 nitrogen and oxygen atoms in total. The molecule has 1 aromatic carbocycles. The number of ether oxygens (including phenoxy) is 1. The number of benzene rings is 1. The van der Waals surface area contributed by atoms with Gasteiger partial charge in [-0.05, 0) is 32.9 Å². The number of hydrazine groups is 1. The van der Waals surface area contributed by atoms with Crippen LogP contribution in [-0.2, 0) is 10.9 Å². The van der Waals surface area contributed by atoms with E-state index in [0.717, 1.165) is 12.1 Å². The summed E-state index contributed by atoms with van der Waals surface area (Å²) in [5.41, 5.74) is 0.871. The third kappa shape index (κ3) is 5.10. The number of hydrogen-bond donors (Lipinski definition) is 2. The maximum atomic E-state index is 12.9. The fraction of sp³-hybridized carbons (Fsp3) is 0.385. The Labute approximate surface area is 129 Å². The number of carbonyl (C=O) groups excluding carboxylic acids is 2. The Morgan fingerprint density at radius 3 is 2.23 bits per heavy atom. The topological polar surface area (TPSA) is 67.4 Å². The van der Waals surface area contributed by atoms with Crippen LogP contribution in [0.2, 0.25) is 5.02 Å². The van der Waals surface area contributed by atoms with Gasteiger partial charge in [-0.2, -0.15) is 13.2 Å². The van der Waals surface area contributed by atoms with Gasteiger partial charge in [-0.15, -0.1) is 0 Å². The molecule has 0 atom stereocenters. The molecule has 0 saturated carbocycles. The first-order valence-corrected chi connectivity index (χ1v) is 6.44. The van der Waals surface area contributed by atoms with Crippen molar-refractivity contribution in [2.75, 3.05) is 0 Å². The summed E-state index contributed by atoms with van der Waals surface area (Å²) in [5.74, 6) is -1.20. The van der Waals surface area contributed by atoms with Crippen molar-refractivity contribution in [3.8, 4) is 0 Å². The van der Waals surface area contributed by atoms with Crippen LogP contribution in [0.5, 0.6) is 0 Å². The highest BCUT2D eigenvalue weighted by Crippen LogP contribution is 2.34. The molecule has 0 aliphatic heterocycles. The molecular formula is C13H14ClF3N2O3. The zero-order valence-electron chi connectivity index (χ0n) is 12.0. The first-order chi connectivity index (χ1) is 9.92. The molecule has 1 rings (SSSR count). The van der Waals surface area contributed by atoms with Gasteiger partial charge >= 0.3 is 12.3 Å². The van der Waals surface area contributed by atoms with Gasteiger partial charge in [0, 0.05) is 0 Å². The van der Waals surface area contributed by atoms with Crippen molar-refractivity contribution in [3.05, 3.63) is 34.3 Å². The third-order valence-corrected chi connectivity index (χ3v) is 2.54. The summed E-state index contributed by atoms with van der Waals surface area (Å²) in [6.45, 7) is 4.76. The molecule has 0 unspecified atom stereocenters. The smallest absolute Gasteiger partial charge is 0.426 e. The molecule has 1 aromatic rings. The van der Waals surface area contributed by atoms with Crippen molar-refractivity contribution in [1.82, 2.24) is 10.9 Å². The maximum Gasteiger partial charge on any atom is 0.426 e. The Bertz CT molecular complexity index is 583. The highest BCUT2D eigenvalue weighted by Gasteiger charge is 2.36. The summed E-state index contributed by atoms with van der Waals surface area (Å²) in [7, 11) is 0. The molecule has 2 amide bonds. The molecule has 0 spiro atoms. The van der Waals surface area contributed by atoms with E-state index < -0.39 is 39.9 Å². The molecule has 0 saturated heterocycles. The van der Waals surface area contributed by atoms with Crippen LogP contribution in [0, 0.1) is 0 Å². The van der Waals surface area contributed by atoms with Gasteiger partial charge in [0.1, 0.15) is 5.60 Å². The van der Waals surface area contributed by atoms with Gasteiger partial charge in [0.25, 0.3) is 5.91 Å². The molecule has 122 valence electrons. The second kappa shape index (κ2) is 6.43. The Morgan fingerprint density at radius 1 is 1.14 bits per heavy atom. The molecule has 2 N–H and O–H groups in total. The average molecular weight is 339 g/mol. The summed E-state index contributed by atoms with van der Waals surface area (Å²) in [6.07, 6.45) is -5.77. The normalized spacial score (nSPS) is 11.8. The highest BCUT2D eigenvalue weighted by molar-refractivity contribution is 6.34. The van der Waals surface area contributed by atoms with E-state index in [1.165, 1.54) is 0 Å². The number of halogens is 4. The van der Waals surface area contributed by atoms with Crippen LogP contribution in [0.1, 0.15) is 36.7 Å². The summed E-state index contributed by atoms with van der Waals surface area (Å²) in [4.78, 5) is 23.2. The van der Waals surface area contributed by atoms with Gasteiger partial charge in [-0.1, -0.05) is 17.7 Å². The van der Waals surface area contributed by atoms with E-state index in [1.54, 1.807) is 20.8 Å². The first kappa shape index (κ1) is 18.1. The van der Waals surface area contributed by atoms with Gasteiger partial charge in [0.15, 0.2) is 0 Å². The Kier molecular flexibility index (Phi) is 5.29. The number of carbonyl (C=O) groups is 2. The quantitative estimate of drug-likeness (QED) is 0.770. The number of nitrogens with one attached hydrogen (secondary N) is 2. The summed E-state index contributed by atoms with van der Waals surface area (Å²) >= 11 is 5.65. The van der Waals surface area contributed by atoms with Crippen molar-refractivity contribution < 1.29 is 27.5 Å². The van der Waals surface area contributed by atoms with Gasteiger partial charge in [0.05, 0.1) is 16.1 Å². The minimum atomic E-state index is -4.76. The maximum absolute atomic E-state index is 12.9. The van der Waals surface area contributed by atoms with E-state index in [2.05, 4.69) is 0 Å². The van der Waals surface area contributed by atoms with Crippen molar-refractivity contribution in [3.63, 3.8) is 0 Å². The molecule has 0 fully saturated rings. The number of alkyl halides is 3. The van der Waals surface area contributed by atoms with Crippen LogP contribution >= 0.6 is 11.6 Å². The SMILES string of the molecule is CC(C)(C)OC(=O)NNC(=O)c1c(Cl)cccc1C(F)(F)F. The first-order valence-electron chi connectivity index (χ1n) is 6.07. The van der Waals surface area contributed by atoms with Crippen LogP contribution in [0.25, 0.3) is 0 Å². The molecule has 0 heterocycles. The fourth-order valence-electron chi connectivity index (χ4n) is 1.47. The Hall–Kier alpha value is -1.96. The minimum Gasteiger partial charge on any atom is -0.443 e. The summed E-state index contributed by atoms with van der Waals surface area (Å²) in [5, 5.41) is -0.390. The standard InChI is InChI=1S/C13H14ClF3N2O3/c1-12(2,3)22-11(21)19-18-10(20)9-7(13(15,16)17)5-4-6-8(9)14/h4-6H,1-3H3,(H,18,20)(H,19,21). The predicted octanol–water partition coefficient (Wildman–Crippen LogP) is 3.53. The zero-order valence-corrected chi connectivity index (χ0v) is 12.7. The predicted molar refractivity (Wildman–Crippen MR) is 73.3 cm³/mol. The van der Waals surface area contributed by atoms with Crippen LogP contribution in [0.3, 0.4) is 0 Å². The lowest BCUT2D eigenvalue weighted by Gasteiger charge is -2.20. The monoisotopic (exact) mass is 338 g/mol. The molecule has 0 aromatic heterocycles. The van der Waals surface area contributed by atoms with E-state index in [9.17, 15) is 22.8 Å². The van der Waals surface area contributed by atoms with Crippen molar-refractivity contribution in [1.29, 1.82) is 0 Å². The lowest BCUT2D eigenvalue weighted by molar-refractivity contribution is -0.137. The van der Waals surface area contributed by atoms with E-state index in [4.69, 9.17) is 16.3 Å². The molecule has 0 aliphatic carbocycles. The molecule has 0 radical (unpaired) electrons. The number of rotatable bonds is 1. The number of amides is 2. The highest BCUT2D eigenvalue weighted by atomic mass is 35.5. The molecular weight excluding hydrogens is 325 g/mol. The zero-order chi connectivity index (χ0) is 17.1. The lowest BCUT2D eigenvalue weighted by atomic mass is 10.1. The summed E-state index contributed by atoms with van der Waals surface area (Å²) < 4.78 is 43.4. The van der Waals surface area contributed by atoms with Gasteiger partial charge in [-0.3, -0.25) is 10.2 Å². The van der Waals surface area contributed by atoms with Crippen LogP contribution < -0.4 is 10.9 Å². The third-order valence-electron chi connectivity index (χ3n) is 2.22. The largest absolute Gasteiger partial charge is 0.443 e. The Morgan fingerprint density at radius 2 is 1.73 bits per heavy atom. The Balaban J connectivity index is 2.89. The molecule has 9 heteroatoms. The van der Waals surface area contributed by atoms with E-state index in [0.29, 0.717) is 6.07 Å². The van der Waals surface area contributed by atoms with Crippen molar-refractivity contribution >= 4 is 23.6 Å². The van der Waals surface area contributed by atoms with Crippen LogP contribution in [0.4, 0.5) is 18.0 Å². The second-order valence-corrected chi connectivity index (χ2v) is 5.65. The van der Waals surface area contributed by atoms with E-state index in [-0.39, 0.29) is 0 Å². The van der Waals surface area contributed by atoms with Crippen LogP contribution in [0.15, 0.2) is 18.2 Å². The number of hydrogen-bond acceptors (Lipinski definition) is 3. The van der Waals surface area contributed by atoms with E-state index in [1.807, 2.05) is 10.9 Å². The minimum absolute atomic E-state index is 0.390. The summed E-state index contributed by atoms with van der Waals surface area (Å²) in [6, 6.07) is 2.93. The van der Waals surface area contributed by atoms with Crippen molar-refractivity contribution in [2.24, 2.45) is 0 Å². The molecule has 22 heavy (non-hydrogen) atoms. The van der Waals surface area contributed by atoms with Gasteiger partial charge < -0.3 is 4.74 Å². The lowest BCUT2D eigenvalue weighted by Crippen LogP contribution is -2.44. The second-order valence-electron chi connectivity index (χ2n) is 5.24. The van der Waals surface area contributed by atoms with Gasteiger partial charge in [-0.25, -0.2) is 10.2 Å². The average Bonchev–Trinajstić information content (AvgIpc) is 2.32. The van der Waals surface area contributed by atoms with Gasteiger partial charge in [0.2, 0.25) is 0 Å². The molecule has 0 bridgehead atoms. The molecule has 0 aliphatic rings. The van der Waals surface area contributed by atoms with E-state index >= 15 is 0 Å². The van der Waals surface area contributed by atoms with Crippen LogP contribution in [-0.4, -0.2) is 17.6 Å². The van der Waals surface area contributed by atoms with Crippen molar-refractivity contribution in [2.45, 2.75) is 32.5 Å².